The van der Waals surface area contributed by atoms with Gasteiger partial charge in [-0.3, -0.25) is 4.79 Å². The third-order valence-corrected chi connectivity index (χ3v) is 1.45. The summed E-state index contributed by atoms with van der Waals surface area (Å²) in [7, 11) is 0. The molecule has 1 aliphatic rings. The Morgan fingerprint density at radius 1 is 1.70 bits per heavy atom. The minimum atomic E-state index is 0.0195. The van der Waals surface area contributed by atoms with Crippen LogP contribution in [0.3, 0.4) is 0 Å². The molecule has 1 amide bonds. The third kappa shape index (κ3) is 2.33. The van der Waals surface area contributed by atoms with Crippen LogP contribution in [-0.4, -0.2) is 25.3 Å². The summed E-state index contributed by atoms with van der Waals surface area (Å²) < 4.78 is 5.00. The number of nitrogens with two attached hydrogens (primary N) is 1. The quantitative estimate of drug-likeness (QED) is 0.467. The van der Waals surface area contributed by atoms with Crippen LogP contribution in [0.25, 0.3) is 0 Å². The van der Waals surface area contributed by atoms with Gasteiger partial charge in [0, 0.05) is 12.5 Å². The van der Waals surface area contributed by atoms with Crippen molar-refractivity contribution in [1.29, 1.82) is 0 Å². The fraction of sp³-hybridized carbons (Fsp3) is 0.833. The molecule has 0 aliphatic carbocycles. The average molecular weight is 144 g/mol. The van der Waals surface area contributed by atoms with E-state index >= 15 is 0 Å². The lowest BCUT2D eigenvalue weighted by Gasteiger charge is -2.15. The van der Waals surface area contributed by atoms with Crippen LogP contribution in [0.5, 0.6) is 0 Å². The lowest BCUT2D eigenvalue weighted by atomic mass is 10.1. The van der Waals surface area contributed by atoms with Crippen LogP contribution in [0.15, 0.2) is 0 Å². The smallest absolute Gasteiger partial charge is 0.221 e. The Labute approximate surface area is 59.7 Å². The Kier molecular flexibility index (Phi) is 2.65. The van der Waals surface area contributed by atoms with Crippen molar-refractivity contribution >= 4 is 5.91 Å². The SMILES string of the molecule is NC1CCC(=O)NCOC1. The van der Waals surface area contributed by atoms with Crippen molar-refractivity contribution in [2.75, 3.05) is 13.3 Å². The van der Waals surface area contributed by atoms with Crippen molar-refractivity contribution in [2.45, 2.75) is 18.9 Å². The maximum absolute atomic E-state index is 10.7. The second-order valence-electron chi connectivity index (χ2n) is 2.41. The minimum absolute atomic E-state index is 0.0195. The maximum Gasteiger partial charge on any atom is 0.221 e. The van der Waals surface area contributed by atoms with Gasteiger partial charge in [0.1, 0.15) is 6.73 Å². The number of amides is 1. The van der Waals surface area contributed by atoms with E-state index in [1.807, 2.05) is 0 Å². The number of nitrogens with one attached hydrogen (secondary N) is 1. The van der Waals surface area contributed by atoms with Crippen molar-refractivity contribution in [1.82, 2.24) is 5.32 Å². The summed E-state index contributed by atoms with van der Waals surface area (Å²) in [4.78, 5) is 10.7. The van der Waals surface area contributed by atoms with Gasteiger partial charge in [-0.25, -0.2) is 0 Å². The summed E-state index contributed by atoms with van der Waals surface area (Å²) in [6.45, 7) is 0.840. The molecule has 1 fully saturated rings. The molecular weight excluding hydrogens is 132 g/mol. The van der Waals surface area contributed by atoms with Crippen LogP contribution < -0.4 is 11.1 Å². The fourth-order valence-corrected chi connectivity index (χ4v) is 0.830. The van der Waals surface area contributed by atoms with E-state index in [1.54, 1.807) is 0 Å². The van der Waals surface area contributed by atoms with Gasteiger partial charge in [0.15, 0.2) is 0 Å². The highest BCUT2D eigenvalue weighted by atomic mass is 16.5. The van der Waals surface area contributed by atoms with E-state index in [0.717, 1.165) is 0 Å². The first kappa shape index (κ1) is 7.50. The molecule has 0 radical (unpaired) electrons. The summed E-state index contributed by atoms with van der Waals surface area (Å²) in [6, 6.07) is 0.0195. The summed E-state index contributed by atoms with van der Waals surface area (Å²) in [6.07, 6.45) is 1.23. The van der Waals surface area contributed by atoms with Crippen molar-refractivity contribution in [3.05, 3.63) is 0 Å². The van der Waals surface area contributed by atoms with E-state index in [0.29, 0.717) is 26.2 Å². The number of rotatable bonds is 0. The van der Waals surface area contributed by atoms with Crippen LogP contribution in [0.2, 0.25) is 0 Å². The van der Waals surface area contributed by atoms with Gasteiger partial charge in [0.25, 0.3) is 0 Å². The van der Waals surface area contributed by atoms with E-state index in [-0.39, 0.29) is 11.9 Å². The Balaban J connectivity index is 2.29. The van der Waals surface area contributed by atoms with E-state index < -0.39 is 0 Å². The molecule has 4 heteroatoms. The molecule has 10 heavy (non-hydrogen) atoms. The Morgan fingerprint density at radius 3 is 3.30 bits per heavy atom. The molecule has 3 N–H and O–H groups in total. The molecule has 1 rings (SSSR count). The van der Waals surface area contributed by atoms with Gasteiger partial charge in [-0.05, 0) is 6.42 Å². The predicted molar refractivity (Wildman–Crippen MR) is 36.2 cm³/mol. The van der Waals surface area contributed by atoms with Gasteiger partial charge in [-0.1, -0.05) is 0 Å². The second-order valence-corrected chi connectivity index (χ2v) is 2.41. The fourth-order valence-electron chi connectivity index (χ4n) is 0.830. The maximum atomic E-state index is 10.7. The number of hydrogen-bond acceptors (Lipinski definition) is 3. The van der Waals surface area contributed by atoms with Gasteiger partial charge in [-0.2, -0.15) is 0 Å². The molecule has 0 spiro atoms. The van der Waals surface area contributed by atoms with Crippen LogP contribution in [0.4, 0.5) is 0 Å². The largest absolute Gasteiger partial charge is 0.360 e. The minimum Gasteiger partial charge on any atom is -0.360 e. The summed E-state index contributed by atoms with van der Waals surface area (Å²) in [5.74, 6) is 0.0233. The molecule has 1 unspecified atom stereocenters. The third-order valence-electron chi connectivity index (χ3n) is 1.45. The molecule has 0 saturated carbocycles. The molecule has 1 saturated heterocycles. The van der Waals surface area contributed by atoms with Crippen molar-refractivity contribution < 1.29 is 9.53 Å². The second kappa shape index (κ2) is 3.53. The van der Waals surface area contributed by atoms with Crippen LogP contribution in [0, 0.1) is 0 Å². The monoisotopic (exact) mass is 144 g/mol. The van der Waals surface area contributed by atoms with Gasteiger partial charge in [0.2, 0.25) is 5.91 Å². The van der Waals surface area contributed by atoms with E-state index in [9.17, 15) is 4.79 Å². The van der Waals surface area contributed by atoms with Crippen LogP contribution >= 0.6 is 0 Å². The first-order chi connectivity index (χ1) is 4.79. The standard InChI is InChI=1S/C6H12N2O2/c7-5-1-2-6(9)8-4-10-3-5/h5H,1-4,7H2,(H,8,9). The van der Waals surface area contributed by atoms with Crippen molar-refractivity contribution in [3.8, 4) is 0 Å². The highest BCUT2D eigenvalue weighted by molar-refractivity contribution is 5.75. The zero-order valence-corrected chi connectivity index (χ0v) is 5.80. The molecule has 58 valence electrons. The molecule has 0 aromatic heterocycles. The zero-order chi connectivity index (χ0) is 7.40. The summed E-state index contributed by atoms with van der Waals surface area (Å²) in [5, 5.41) is 2.59. The molecule has 4 nitrogen and oxygen atoms in total. The first-order valence-electron chi connectivity index (χ1n) is 3.39. The number of carbonyl (C=O) groups excluding carboxylic acids is 1. The van der Waals surface area contributed by atoms with E-state index in [2.05, 4.69) is 5.32 Å². The molecule has 0 aromatic rings. The highest BCUT2D eigenvalue weighted by Gasteiger charge is 2.09. The molecular formula is C6H12N2O2. The van der Waals surface area contributed by atoms with Crippen molar-refractivity contribution in [2.24, 2.45) is 5.73 Å². The molecule has 1 atom stereocenters. The predicted octanol–water partition coefficient (Wildman–Crippen LogP) is -0.802. The molecule has 0 aromatic carbocycles. The van der Waals surface area contributed by atoms with Crippen LogP contribution in [-0.2, 0) is 9.53 Å². The Hall–Kier alpha value is -0.610. The number of carbonyl (C=O) groups is 1. The summed E-state index contributed by atoms with van der Waals surface area (Å²) >= 11 is 0. The molecule has 1 heterocycles. The van der Waals surface area contributed by atoms with Crippen LogP contribution in [0.1, 0.15) is 12.8 Å². The van der Waals surface area contributed by atoms with Crippen molar-refractivity contribution in [3.63, 3.8) is 0 Å². The zero-order valence-electron chi connectivity index (χ0n) is 5.80. The van der Waals surface area contributed by atoms with Gasteiger partial charge in [-0.15, -0.1) is 0 Å². The number of ether oxygens (including phenoxy) is 1. The number of hydrogen-bond donors (Lipinski definition) is 2. The van der Waals surface area contributed by atoms with Gasteiger partial charge >= 0.3 is 0 Å². The topological polar surface area (TPSA) is 64.4 Å². The lowest BCUT2D eigenvalue weighted by molar-refractivity contribution is -0.124. The highest BCUT2D eigenvalue weighted by Crippen LogP contribution is 1.97. The Morgan fingerprint density at radius 2 is 2.50 bits per heavy atom. The average Bonchev–Trinajstić information content (AvgIpc) is 1.90. The lowest BCUT2D eigenvalue weighted by Crippen LogP contribution is -2.36. The van der Waals surface area contributed by atoms with E-state index in [1.165, 1.54) is 0 Å². The van der Waals surface area contributed by atoms with E-state index in [4.69, 9.17) is 10.5 Å². The Bertz CT molecular complexity index is 127. The summed E-state index contributed by atoms with van der Waals surface area (Å²) in [5.41, 5.74) is 5.56. The first-order valence-corrected chi connectivity index (χ1v) is 3.39. The molecule has 1 aliphatic heterocycles. The van der Waals surface area contributed by atoms with Gasteiger partial charge in [0.05, 0.1) is 6.61 Å². The van der Waals surface area contributed by atoms with Gasteiger partial charge < -0.3 is 15.8 Å². The normalized spacial score (nSPS) is 28.5. The molecule has 0 bridgehead atoms.